The fraction of sp³-hybridized carbons (Fsp3) is 0.750. The molecule has 0 unspecified atom stereocenters. The molecule has 3 N–H and O–H groups in total. The molecular formula is C12H23N5O. The maximum Gasteiger partial charge on any atom is 0.241 e. The molecule has 1 rings (SSSR count). The van der Waals surface area contributed by atoms with E-state index in [0.717, 1.165) is 13.0 Å². The summed E-state index contributed by atoms with van der Waals surface area (Å²) >= 11 is 0. The van der Waals surface area contributed by atoms with Crippen LogP contribution in [0.2, 0.25) is 0 Å². The molecule has 1 heterocycles. The van der Waals surface area contributed by atoms with E-state index >= 15 is 0 Å². The summed E-state index contributed by atoms with van der Waals surface area (Å²) < 4.78 is 1.44. The van der Waals surface area contributed by atoms with Crippen LogP contribution in [0.5, 0.6) is 0 Å². The normalized spacial score (nSPS) is 10.5. The first kappa shape index (κ1) is 14.5. The Morgan fingerprint density at radius 3 is 2.72 bits per heavy atom. The van der Waals surface area contributed by atoms with Crippen molar-refractivity contribution in [3.8, 4) is 0 Å². The van der Waals surface area contributed by atoms with E-state index in [1.165, 1.54) is 43.1 Å². The maximum atomic E-state index is 11.5. The molecular weight excluding hydrogens is 230 g/mol. The Hall–Kier alpha value is -1.59. The molecule has 0 saturated heterocycles. The fourth-order valence-electron chi connectivity index (χ4n) is 1.72. The van der Waals surface area contributed by atoms with Gasteiger partial charge in [-0.3, -0.25) is 4.79 Å². The quantitative estimate of drug-likeness (QED) is 0.650. The summed E-state index contributed by atoms with van der Waals surface area (Å²) in [4.78, 5) is 15.3. The molecule has 0 aromatic carbocycles. The van der Waals surface area contributed by atoms with Crippen molar-refractivity contribution in [3.05, 3.63) is 6.33 Å². The molecule has 18 heavy (non-hydrogen) atoms. The number of amides is 1. The second kappa shape index (κ2) is 8.49. The molecule has 0 spiro atoms. The van der Waals surface area contributed by atoms with Crippen molar-refractivity contribution >= 4 is 11.9 Å². The maximum absolute atomic E-state index is 11.5. The highest BCUT2D eigenvalue weighted by molar-refractivity contribution is 5.75. The van der Waals surface area contributed by atoms with Crippen LogP contribution in [0.4, 0.5) is 5.95 Å². The van der Waals surface area contributed by atoms with Crippen LogP contribution in [0.3, 0.4) is 0 Å². The third-order valence-corrected chi connectivity index (χ3v) is 2.71. The molecule has 1 aromatic heterocycles. The molecule has 0 atom stereocenters. The number of carbonyl (C=O) groups is 1. The molecule has 0 aliphatic carbocycles. The van der Waals surface area contributed by atoms with E-state index in [1.54, 1.807) is 0 Å². The molecule has 0 bridgehead atoms. The fourth-order valence-corrected chi connectivity index (χ4v) is 1.72. The van der Waals surface area contributed by atoms with E-state index in [4.69, 9.17) is 5.73 Å². The first-order valence-corrected chi connectivity index (χ1v) is 6.64. The van der Waals surface area contributed by atoms with Crippen molar-refractivity contribution in [2.75, 3.05) is 12.3 Å². The molecule has 1 amide bonds. The number of unbranched alkanes of at least 4 members (excludes halogenated alkanes) is 5. The molecule has 0 aliphatic heterocycles. The number of anilines is 1. The zero-order chi connectivity index (χ0) is 13.2. The predicted molar refractivity (Wildman–Crippen MR) is 70.8 cm³/mol. The van der Waals surface area contributed by atoms with Gasteiger partial charge in [-0.1, -0.05) is 39.0 Å². The molecule has 6 heteroatoms. The number of carbonyl (C=O) groups excluding carboxylic acids is 1. The van der Waals surface area contributed by atoms with Crippen molar-refractivity contribution in [2.45, 2.75) is 52.0 Å². The first-order valence-electron chi connectivity index (χ1n) is 6.64. The lowest BCUT2D eigenvalue weighted by Crippen LogP contribution is -2.28. The highest BCUT2D eigenvalue weighted by Gasteiger charge is 2.03. The number of nitrogens with zero attached hydrogens (tertiary/aromatic N) is 3. The standard InChI is InChI=1S/C12H23N5O/c1-2-3-4-5-6-7-8-14-11(18)9-17-10-15-12(13)16-17/h10H,2-9H2,1H3,(H2,13,16)(H,14,18). The number of rotatable bonds is 9. The van der Waals surface area contributed by atoms with E-state index < -0.39 is 0 Å². The van der Waals surface area contributed by atoms with Crippen LogP contribution in [-0.2, 0) is 11.3 Å². The summed E-state index contributed by atoms with van der Waals surface area (Å²) in [5, 5.41) is 6.71. The van der Waals surface area contributed by atoms with E-state index in [1.807, 2.05) is 0 Å². The van der Waals surface area contributed by atoms with Crippen molar-refractivity contribution in [3.63, 3.8) is 0 Å². The van der Waals surface area contributed by atoms with Gasteiger partial charge in [-0.15, -0.1) is 5.10 Å². The highest BCUT2D eigenvalue weighted by Crippen LogP contribution is 2.03. The number of nitrogens with one attached hydrogen (secondary N) is 1. The van der Waals surface area contributed by atoms with Gasteiger partial charge < -0.3 is 11.1 Å². The average Bonchev–Trinajstić information content (AvgIpc) is 2.73. The predicted octanol–water partition coefficient (Wildman–Crippen LogP) is 1.34. The zero-order valence-electron chi connectivity index (χ0n) is 11.1. The second-order valence-electron chi connectivity index (χ2n) is 4.42. The largest absolute Gasteiger partial charge is 0.367 e. The summed E-state index contributed by atoms with van der Waals surface area (Å²) in [6.45, 7) is 3.12. The lowest BCUT2D eigenvalue weighted by molar-refractivity contribution is -0.121. The Kier molecular flexibility index (Phi) is 6.83. The van der Waals surface area contributed by atoms with Crippen LogP contribution >= 0.6 is 0 Å². The number of nitrogens with two attached hydrogens (primary N) is 1. The van der Waals surface area contributed by atoms with Gasteiger partial charge >= 0.3 is 0 Å². The average molecular weight is 253 g/mol. The Labute approximate surface area is 108 Å². The Morgan fingerprint density at radius 1 is 1.33 bits per heavy atom. The molecule has 0 radical (unpaired) electrons. The lowest BCUT2D eigenvalue weighted by Gasteiger charge is -2.04. The van der Waals surface area contributed by atoms with E-state index in [-0.39, 0.29) is 18.4 Å². The van der Waals surface area contributed by atoms with Crippen LogP contribution in [-0.4, -0.2) is 27.2 Å². The van der Waals surface area contributed by atoms with Crippen LogP contribution in [0.15, 0.2) is 6.33 Å². The third-order valence-electron chi connectivity index (χ3n) is 2.71. The van der Waals surface area contributed by atoms with Gasteiger partial charge in [-0.2, -0.15) is 0 Å². The molecule has 0 aliphatic rings. The molecule has 102 valence electrons. The van der Waals surface area contributed by atoms with Crippen molar-refractivity contribution in [2.24, 2.45) is 0 Å². The Bertz CT molecular complexity index is 350. The number of hydrogen-bond acceptors (Lipinski definition) is 4. The number of nitrogen functional groups attached to an aromatic ring is 1. The Balaban J connectivity index is 2.00. The number of aromatic nitrogens is 3. The van der Waals surface area contributed by atoms with Gasteiger partial charge in [0, 0.05) is 6.54 Å². The zero-order valence-corrected chi connectivity index (χ0v) is 11.1. The highest BCUT2D eigenvalue weighted by atomic mass is 16.2. The summed E-state index contributed by atoms with van der Waals surface area (Å²) in [6, 6.07) is 0. The van der Waals surface area contributed by atoms with Crippen LogP contribution in [0, 0.1) is 0 Å². The van der Waals surface area contributed by atoms with E-state index in [0.29, 0.717) is 0 Å². The van der Waals surface area contributed by atoms with Crippen LogP contribution in [0.1, 0.15) is 45.4 Å². The van der Waals surface area contributed by atoms with Crippen LogP contribution in [0.25, 0.3) is 0 Å². The van der Waals surface area contributed by atoms with Gasteiger partial charge in [0.1, 0.15) is 12.9 Å². The summed E-state index contributed by atoms with van der Waals surface area (Å²) in [7, 11) is 0. The van der Waals surface area contributed by atoms with Gasteiger partial charge in [-0.05, 0) is 6.42 Å². The van der Waals surface area contributed by atoms with Gasteiger partial charge in [0.25, 0.3) is 0 Å². The van der Waals surface area contributed by atoms with Gasteiger partial charge in [0.2, 0.25) is 11.9 Å². The second-order valence-corrected chi connectivity index (χ2v) is 4.42. The lowest BCUT2D eigenvalue weighted by atomic mass is 10.1. The van der Waals surface area contributed by atoms with Crippen molar-refractivity contribution in [1.29, 1.82) is 0 Å². The SMILES string of the molecule is CCCCCCCCNC(=O)Cn1cnc(N)n1. The van der Waals surface area contributed by atoms with E-state index in [9.17, 15) is 4.79 Å². The van der Waals surface area contributed by atoms with Crippen molar-refractivity contribution < 1.29 is 4.79 Å². The van der Waals surface area contributed by atoms with Crippen LogP contribution < -0.4 is 11.1 Å². The minimum atomic E-state index is -0.0477. The summed E-state index contributed by atoms with van der Waals surface area (Å²) in [5.41, 5.74) is 5.36. The topological polar surface area (TPSA) is 85.8 Å². The monoisotopic (exact) mass is 253 g/mol. The summed E-state index contributed by atoms with van der Waals surface area (Å²) in [5.74, 6) is 0.146. The van der Waals surface area contributed by atoms with E-state index in [2.05, 4.69) is 22.3 Å². The third kappa shape index (κ3) is 6.22. The molecule has 0 fully saturated rings. The first-order chi connectivity index (χ1) is 8.72. The van der Waals surface area contributed by atoms with Gasteiger partial charge in [0.15, 0.2) is 0 Å². The minimum absolute atomic E-state index is 0.0477. The number of hydrogen-bond donors (Lipinski definition) is 2. The molecule has 0 saturated carbocycles. The molecule has 6 nitrogen and oxygen atoms in total. The summed E-state index contributed by atoms with van der Waals surface area (Å²) in [6.07, 6.45) is 8.79. The molecule has 1 aromatic rings. The van der Waals surface area contributed by atoms with Gasteiger partial charge in [0.05, 0.1) is 0 Å². The smallest absolute Gasteiger partial charge is 0.241 e. The van der Waals surface area contributed by atoms with Gasteiger partial charge in [-0.25, -0.2) is 9.67 Å². The minimum Gasteiger partial charge on any atom is -0.367 e. The Morgan fingerprint density at radius 2 is 2.06 bits per heavy atom. The van der Waals surface area contributed by atoms with Crippen molar-refractivity contribution in [1.82, 2.24) is 20.1 Å².